The van der Waals surface area contributed by atoms with Gasteiger partial charge in [-0.05, 0) is 37.1 Å². The smallest absolute Gasteiger partial charge is 0.230 e. The number of hydrogen-bond acceptors (Lipinski definition) is 2. The number of carbonyl (C=O) groups excluding carboxylic acids is 1. The van der Waals surface area contributed by atoms with E-state index in [2.05, 4.69) is 21.2 Å². The summed E-state index contributed by atoms with van der Waals surface area (Å²) in [5.74, 6) is 0.669. The van der Waals surface area contributed by atoms with Gasteiger partial charge in [0.1, 0.15) is 0 Å². The van der Waals surface area contributed by atoms with Gasteiger partial charge in [-0.25, -0.2) is 0 Å². The van der Waals surface area contributed by atoms with Crippen LogP contribution in [0.2, 0.25) is 0 Å². The molecule has 4 heteroatoms. The molecule has 1 N–H and O–H groups in total. The topological polar surface area (TPSA) is 29.1 Å². The van der Waals surface area contributed by atoms with E-state index in [0.717, 1.165) is 22.2 Å². The molecule has 1 saturated carbocycles. The number of rotatable bonds is 4. The lowest BCUT2D eigenvalue weighted by molar-refractivity contribution is -0.119. The monoisotopic (exact) mass is 313 g/mol. The summed E-state index contributed by atoms with van der Waals surface area (Å²) < 4.78 is 1.07. The van der Waals surface area contributed by atoms with Crippen LogP contribution < -0.4 is 5.32 Å². The van der Waals surface area contributed by atoms with Crippen LogP contribution in [0.25, 0.3) is 0 Å². The fourth-order valence-corrected chi connectivity index (χ4v) is 2.99. The highest BCUT2D eigenvalue weighted by Gasteiger charge is 2.16. The SMILES string of the molecule is O=C(CSc1ccc(Br)cc1)NC1CCCC1. The number of hydrogen-bond donors (Lipinski definition) is 1. The number of amides is 1. The normalized spacial score (nSPS) is 16.1. The first-order chi connectivity index (χ1) is 8.24. The molecule has 0 atom stereocenters. The van der Waals surface area contributed by atoms with Crippen molar-refractivity contribution in [3.05, 3.63) is 28.7 Å². The quantitative estimate of drug-likeness (QED) is 0.860. The highest BCUT2D eigenvalue weighted by molar-refractivity contribution is 9.10. The second-order valence-electron chi connectivity index (χ2n) is 4.29. The number of carbonyl (C=O) groups is 1. The van der Waals surface area contributed by atoms with E-state index in [1.807, 2.05) is 24.3 Å². The van der Waals surface area contributed by atoms with E-state index in [-0.39, 0.29) is 5.91 Å². The van der Waals surface area contributed by atoms with Crippen molar-refractivity contribution in [2.45, 2.75) is 36.6 Å². The molecule has 1 aliphatic rings. The lowest BCUT2D eigenvalue weighted by atomic mass is 10.2. The summed E-state index contributed by atoms with van der Waals surface area (Å²) in [4.78, 5) is 12.8. The minimum absolute atomic E-state index is 0.157. The molecule has 2 nitrogen and oxygen atoms in total. The van der Waals surface area contributed by atoms with Crippen molar-refractivity contribution in [1.82, 2.24) is 5.32 Å². The van der Waals surface area contributed by atoms with Gasteiger partial charge in [0.05, 0.1) is 5.75 Å². The fraction of sp³-hybridized carbons (Fsp3) is 0.462. The third-order valence-corrected chi connectivity index (χ3v) is 4.44. The average molecular weight is 314 g/mol. The fourth-order valence-electron chi connectivity index (χ4n) is 2.02. The first-order valence-electron chi connectivity index (χ1n) is 5.92. The van der Waals surface area contributed by atoms with Gasteiger partial charge in [0.25, 0.3) is 0 Å². The van der Waals surface area contributed by atoms with Crippen LogP contribution in [0.4, 0.5) is 0 Å². The lowest BCUT2D eigenvalue weighted by Gasteiger charge is -2.11. The molecule has 1 aliphatic carbocycles. The Morgan fingerprint density at radius 1 is 1.29 bits per heavy atom. The molecule has 1 fully saturated rings. The maximum atomic E-state index is 11.7. The van der Waals surface area contributed by atoms with Crippen LogP contribution in [0, 0.1) is 0 Å². The van der Waals surface area contributed by atoms with Gasteiger partial charge in [-0.15, -0.1) is 11.8 Å². The van der Waals surface area contributed by atoms with Crippen LogP contribution in [0.1, 0.15) is 25.7 Å². The van der Waals surface area contributed by atoms with Gasteiger partial charge >= 0.3 is 0 Å². The summed E-state index contributed by atoms with van der Waals surface area (Å²) in [5, 5.41) is 3.09. The minimum atomic E-state index is 0.157. The zero-order valence-corrected chi connectivity index (χ0v) is 12.0. The summed E-state index contributed by atoms with van der Waals surface area (Å²) in [7, 11) is 0. The zero-order valence-electron chi connectivity index (χ0n) is 9.62. The molecule has 92 valence electrons. The molecule has 1 aromatic rings. The molecule has 0 aliphatic heterocycles. The van der Waals surface area contributed by atoms with E-state index in [1.165, 1.54) is 12.8 Å². The standard InChI is InChI=1S/C13H16BrNOS/c14-10-5-7-12(8-6-10)17-9-13(16)15-11-3-1-2-4-11/h5-8,11H,1-4,9H2,(H,15,16). The van der Waals surface area contributed by atoms with E-state index in [1.54, 1.807) is 11.8 Å². The summed E-state index contributed by atoms with van der Waals surface area (Å²) in [6, 6.07) is 8.47. The molecule has 0 heterocycles. The zero-order chi connectivity index (χ0) is 12.1. The van der Waals surface area contributed by atoms with Gasteiger partial charge in [0, 0.05) is 15.4 Å². The van der Waals surface area contributed by atoms with Crippen molar-refractivity contribution in [2.24, 2.45) is 0 Å². The highest BCUT2D eigenvalue weighted by Crippen LogP contribution is 2.21. The lowest BCUT2D eigenvalue weighted by Crippen LogP contribution is -2.33. The predicted molar refractivity (Wildman–Crippen MR) is 75.3 cm³/mol. The molecule has 2 rings (SSSR count). The van der Waals surface area contributed by atoms with E-state index in [0.29, 0.717) is 11.8 Å². The van der Waals surface area contributed by atoms with Crippen LogP contribution in [0.3, 0.4) is 0 Å². The summed E-state index contributed by atoms with van der Waals surface area (Å²) in [6.45, 7) is 0. The number of thioether (sulfide) groups is 1. The number of nitrogens with one attached hydrogen (secondary N) is 1. The maximum Gasteiger partial charge on any atom is 0.230 e. The highest BCUT2D eigenvalue weighted by atomic mass is 79.9. The Kier molecular flexibility index (Phi) is 4.92. The molecule has 1 amide bonds. The number of halogens is 1. The van der Waals surface area contributed by atoms with Crippen molar-refractivity contribution >= 4 is 33.6 Å². The molecule has 0 aromatic heterocycles. The van der Waals surface area contributed by atoms with Gasteiger partial charge < -0.3 is 5.32 Å². The third kappa shape index (κ3) is 4.36. The van der Waals surface area contributed by atoms with Crippen LogP contribution in [-0.2, 0) is 4.79 Å². The Bertz CT molecular complexity index is 374. The van der Waals surface area contributed by atoms with E-state index in [4.69, 9.17) is 0 Å². The van der Waals surface area contributed by atoms with E-state index < -0.39 is 0 Å². The van der Waals surface area contributed by atoms with Crippen LogP contribution in [-0.4, -0.2) is 17.7 Å². The molecule has 0 spiro atoms. The molecule has 17 heavy (non-hydrogen) atoms. The summed E-state index contributed by atoms with van der Waals surface area (Å²) in [6.07, 6.45) is 4.80. The second-order valence-corrected chi connectivity index (χ2v) is 6.26. The molecule has 1 aromatic carbocycles. The Morgan fingerprint density at radius 3 is 2.59 bits per heavy atom. The molecule has 0 saturated heterocycles. The van der Waals surface area contributed by atoms with Gasteiger partial charge in [-0.1, -0.05) is 28.8 Å². The van der Waals surface area contributed by atoms with Crippen molar-refractivity contribution in [2.75, 3.05) is 5.75 Å². The second kappa shape index (κ2) is 6.45. The largest absolute Gasteiger partial charge is 0.353 e. The van der Waals surface area contributed by atoms with Crippen molar-refractivity contribution < 1.29 is 4.79 Å². The van der Waals surface area contributed by atoms with Crippen molar-refractivity contribution in [1.29, 1.82) is 0 Å². The van der Waals surface area contributed by atoms with Crippen LogP contribution in [0.15, 0.2) is 33.6 Å². The van der Waals surface area contributed by atoms with Gasteiger partial charge in [0.2, 0.25) is 5.91 Å². The summed E-state index contributed by atoms with van der Waals surface area (Å²) >= 11 is 4.98. The Labute approximate surface area is 115 Å². The summed E-state index contributed by atoms with van der Waals surface area (Å²) in [5.41, 5.74) is 0. The van der Waals surface area contributed by atoms with Gasteiger partial charge in [0.15, 0.2) is 0 Å². The molecular formula is C13H16BrNOS. The number of benzene rings is 1. The van der Waals surface area contributed by atoms with E-state index >= 15 is 0 Å². The Hall–Kier alpha value is -0.480. The minimum Gasteiger partial charge on any atom is -0.353 e. The van der Waals surface area contributed by atoms with Gasteiger partial charge in [-0.3, -0.25) is 4.79 Å². The Balaban J connectivity index is 1.73. The van der Waals surface area contributed by atoms with Crippen LogP contribution >= 0.6 is 27.7 Å². The molecule has 0 bridgehead atoms. The Morgan fingerprint density at radius 2 is 1.94 bits per heavy atom. The van der Waals surface area contributed by atoms with Gasteiger partial charge in [-0.2, -0.15) is 0 Å². The maximum absolute atomic E-state index is 11.7. The predicted octanol–water partition coefficient (Wildman–Crippen LogP) is 3.60. The molecule has 0 unspecified atom stereocenters. The first kappa shape index (κ1) is 13.0. The van der Waals surface area contributed by atoms with Crippen molar-refractivity contribution in [3.63, 3.8) is 0 Å². The first-order valence-corrected chi connectivity index (χ1v) is 7.69. The van der Waals surface area contributed by atoms with Crippen molar-refractivity contribution in [3.8, 4) is 0 Å². The third-order valence-electron chi connectivity index (χ3n) is 2.90. The molecule has 0 radical (unpaired) electrons. The molecular weight excluding hydrogens is 298 g/mol. The van der Waals surface area contributed by atoms with Crippen LogP contribution in [0.5, 0.6) is 0 Å². The van der Waals surface area contributed by atoms with E-state index in [9.17, 15) is 4.79 Å². The average Bonchev–Trinajstić information content (AvgIpc) is 2.81.